The third kappa shape index (κ3) is 5.34. The second-order valence-electron chi connectivity index (χ2n) is 10.3. The van der Waals surface area contributed by atoms with Crippen molar-refractivity contribution >= 4 is 66.3 Å². The molecule has 0 unspecified atom stereocenters. The van der Waals surface area contributed by atoms with E-state index < -0.39 is 17.6 Å². The van der Waals surface area contributed by atoms with E-state index in [9.17, 15) is 14.4 Å². The molecule has 2 aliphatic rings. The average molecular weight is 753 g/mol. The van der Waals surface area contributed by atoms with E-state index in [2.05, 4.69) is 31.9 Å². The molecule has 45 heavy (non-hydrogen) atoms. The van der Waals surface area contributed by atoms with Gasteiger partial charge < -0.3 is 19.1 Å². The molecule has 0 bridgehead atoms. The number of rotatable bonds is 7. The van der Waals surface area contributed by atoms with E-state index in [1.54, 1.807) is 30.9 Å². The smallest absolute Gasteiger partial charge is 0.338 e. The first kappa shape index (κ1) is 31.0. The Morgan fingerprint density at radius 2 is 1.71 bits per heavy atom. The highest BCUT2D eigenvalue weighted by molar-refractivity contribution is 9.10. The molecule has 0 radical (unpaired) electrons. The van der Waals surface area contributed by atoms with Crippen LogP contribution in [0, 0.1) is 0 Å². The topological polar surface area (TPSA) is 99.4 Å². The highest BCUT2D eigenvalue weighted by Crippen LogP contribution is 2.41. The van der Waals surface area contributed by atoms with Gasteiger partial charge in [0.1, 0.15) is 4.53 Å². The van der Waals surface area contributed by atoms with Crippen LogP contribution in [0.4, 0.5) is 5.69 Å². The molecule has 6 rings (SSSR count). The molecule has 3 heterocycles. The second kappa shape index (κ2) is 12.4. The number of aromatic nitrogens is 1. The summed E-state index contributed by atoms with van der Waals surface area (Å²) in [5.41, 5.74) is 3.32. The van der Waals surface area contributed by atoms with Crippen LogP contribution in [0.25, 0.3) is 5.57 Å². The van der Waals surface area contributed by atoms with Crippen molar-refractivity contribution in [2.45, 2.75) is 26.4 Å². The largest absolute Gasteiger partial charge is 0.493 e. The molecule has 3 aromatic carbocycles. The lowest BCUT2D eigenvalue weighted by Crippen LogP contribution is -2.41. The number of ether oxygens (including phenoxy) is 3. The molecule has 0 saturated carbocycles. The van der Waals surface area contributed by atoms with Gasteiger partial charge in [-0.15, -0.1) is 0 Å². The molecule has 12 heteroatoms. The summed E-state index contributed by atoms with van der Waals surface area (Å²) in [4.78, 5) is 48.9. The quantitative estimate of drug-likeness (QED) is 0.239. The summed E-state index contributed by atoms with van der Waals surface area (Å²) in [5.74, 6) is 0.00391. The summed E-state index contributed by atoms with van der Waals surface area (Å²) in [6.07, 6.45) is 0. The van der Waals surface area contributed by atoms with Crippen LogP contribution in [-0.2, 0) is 20.9 Å². The molecule has 1 aromatic heterocycles. The van der Waals surface area contributed by atoms with Crippen LogP contribution in [0.2, 0.25) is 0 Å². The molecule has 0 N–H and O–H groups in total. The fourth-order valence-electron chi connectivity index (χ4n) is 5.66. The normalized spacial score (nSPS) is 16.7. The van der Waals surface area contributed by atoms with Crippen LogP contribution in [0.15, 0.2) is 90.7 Å². The Morgan fingerprint density at radius 1 is 1.00 bits per heavy atom. The minimum atomic E-state index is -0.928. The molecule has 2 aliphatic heterocycles. The second-order valence-corrected chi connectivity index (χ2v) is 13.0. The Kier molecular flexibility index (Phi) is 8.55. The highest BCUT2D eigenvalue weighted by atomic mass is 79.9. The third-order valence-corrected chi connectivity index (χ3v) is 9.91. The Morgan fingerprint density at radius 3 is 2.40 bits per heavy atom. The van der Waals surface area contributed by atoms with Crippen LogP contribution in [0.3, 0.4) is 0 Å². The van der Waals surface area contributed by atoms with Crippen LogP contribution in [0.5, 0.6) is 11.5 Å². The number of fused-ring (bicyclic) bond motifs is 2. The number of amides is 1. The first-order valence-electron chi connectivity index (χ1n) is 14.0. The van der Waals surface area contributed by atoms with Crippen molar-refractivity contribution in [3.63, 3.8) is 0 Å². The van der Waals surface area contributed by atoms with Gasteiger partial charge in [0.2, 0.25) is 0 Å². The van der Waals surface area contributed by atoms with E-state index in [1.165, 1.54) is 18.8 Å². The zero-order valence-electron chi connectivity index (χ0n) is 24.7. The van der Waals surface area contributed by atoms with Gasteiger partial charge in [-0.3, -0.25) is 14.2 Å². The number of allylic oxidation sites excluding steroid dienone is 1. The molecule has 4 aromatic rings. The summed E-state index contributed by atoms with van der Waals surface area (Å²) in [5, 5.41) is 0. The van der Waals surface area contributed by atoms with Crippen LogP contribution >= 0.6 is 43.2 Å². The Bertz CT molecular complexity index is 2090. The lowest BCUT2D eigenvalue weighted by atomic mass is 9.95. The molecule has 0 spiro atoms. The predicted octanol–water partition coefficient (Wildman–Crippen LogP) is 5.26. The Labute approximate surface area is 279 Å². The van der Waals surface area contributed by atoms with Gasteiger partial charge >= 0.3 is 5.97 Å². The number of hydrogen-bond donors (Lipinski definition) is 0. The maximum atomic E-state index is 14.6. The van der Waals surface area contributed by atoms with E-state index in [4.69, 9.17) is 19.2 Å². The van der Waals surface area contributed by atoms with E-state index in [0.29, 0.717) is 49.8 Å². The van der Waals surface area contributed by atoms with Gasteiger partial charge in [0.15, 0.2) is 16.3 Å². The number of anilines is 1. The lowest BCUT2D eigenvalue weighted by Gasteiger charge is -2.26. The van der Waals surface area contributed by atoms with Crippen molar-refractivity contribution < 1.29 is 23.8 Å². The third-order valence-electron chi connectivity index (χ3n) is 7.68. The molecular formula is C33H27Br2N3O6S. The summed E-state index contributed by atoms with van der Waals surface area (Å²) in [6, 6.07) is 17.8. The Balaban J connectivity index is 1.63. The highest BCUT2D eigenvalue weighted by Gasteiger charge is 2.38. The first-order chi connectivity index (χ1) is 21.7. The Hall–Kier alpha value is -4.00. The minimum Gasteiger partial charge on any atom is -0.493 e. The van der Waals surface area contributed by atoms with Crippen molar-refractivity contribution in [1.82, 2.24) is 4.57 Å². The standard InChI is InChI=1S/C33H27Br2N3O6S/c1-5-44-32(41)26-17(2)36-33-38(28(26)20-14-24(42-3)25(43-4)15-22(20)35)31(40)29(45-33)27-21-13-19(34)11-12-23(21)37(30(27)39)16-18-9-7-6-8-10-18/h6-15,28H,5,16H2,1-4H3/b29-27-/t28-/m0/s1. The molecule has 1 atom stereocenters. The number of nitrogens with zero attached hydrogens (tertiary/aromatic N) is 3. The molecule has 0 saturated heterocycles. The number of halogens is 2. The van der Waals surface area contributed by atoms with Gasteiger partial charge in [-0.2, -0.15) is 0 Å². The summed E-state index contributed by atoms with van der Waals surface area (Å²) < 4.78 is 19.5. The monoisotopic (exact) mass is 751 g/mol. The molecule has 0 aliphatic carbocycles. The van der Waals surface area contributed by atoms with Gasteiger partial charge in [0.05, 0.1) is 55.9 Å². The molecule has 1 amide bonds. The maximum absolute atomic E-state index is 14.6. The predicted molar refractivity (Wildman–Crippen MR) is 178 cm³/mol. The van der Waals surface area contributed by atoms with Crippen molar-refractivity contribution in [2.24, 2.45) is 4.99 Å². The number of esters is 1. The van der Waals surface area contributed by atoms with E-state index >= 15 is 0 Å². The zero-order chi connectivity index (χ0) is 32.0. The van der Waals surface area contributed by atoms with E-state index in [-0.39, 0.29) is 28.2 Å². The minimum absolute atomic E-state index is 0.140. The molecule has 9 nitrogen and oxygen atoms in total. The number of carbonyl (C=O) groups excluding carboxylic acids is 2. The fourth-order valence-corrected chi connectivity index (χ4v) is 7.70. The summed E-state index contributed by atoms with van der Waals surface area (Å²) in [7, 11) is 3.04. The number of benzene rings is 3. The van der Waals surface area contributed by atoms with Gasteiger partial charge in [0.25, 0.3) is 11.5 Å². The van der Waals surface area contributed by atoms with E-state index in [0.717, 1.165) is 21.4 Å². The van der Waals surface area contributed by atoms with Crippen LogP contribution in [0.1, 0.15) is 36.6 Å². The van der Waals surface area contributed by atoms with Crippen molar-refractivity contribution in [3.05, 3.63) is 117 Å². The van der Waals surface area contributed by atoms with Crippen molar-refractivity contribution in [2.75, 3.05) is 25.7 Å². The van der Waals surface area contributed by atoms with Gasteiger partial charge in [-0.1, -0.05) is 73.5 Å². The van der Waals surface area contributed by atoms with E-state index in [1.807, 2.05) is 48.5 Å². The van der Waals surface area contributed by atoms with Gasteiger partial charge in [-0.25, -0.2) is 9.79 Å². The molecule has 0 fully saturated rings. The number of hydrogen-bond acceptors (Lipinski definition) is 8. The molecular weight excluding hydrogens is 726 g/mol. The van der Waals surface area contributed by atoms with Gasteiger partial charge in [-0.05, 0) is 55.3 Å². The summed E-state index contributed by atoms with van der Waals surface area (Å²) in [6.45, 7) is 3.91. The number of thiazole rings is 1. The van der Waals surface area contributed by atoms with Crippen LogP contribution < -0.4 is 29.3 Å². The van der Waals surface area contributed by atoms with Gasteiger partial charge in [0, 0.05) is 14.5 Å². The van der Waals surface area contributed by atoms with Crippen molar-refractivity contribution in [3.8, 4) is 11.5 Å². The summed E-state index contributed by atoms with van der Waals surface area (Å²) >= 11 is 8.29. The van der Waals surface area contributed by atoms with Crippen molar-refractivity contribution in [1.29, 1.82) is 0 Å². The number of methoxy groups -OCH3 is 2. The fraction of sp³-hybridized carbons (Fsp3) is 0.212. The SMILES string of the molecule is CCOC(=O)C1=C(C)N=c2s/c(=C3\C(=O)N(Cc4ccccc4)c4ccc(Br)cc43)c(=O)n2[C@H]1c1cc(OC)c(OC)cc1Br. The first-order valence-corrected chi connectivity index (χ1v) is 16.4. The maximum Gasteiger partial charge on any atom is 0.338 e. The molecule has 230 valence electrons. The van der Waals surface area contributed by atoms with Crippen LogP contribution in [-0.4, -0.2) is 37.3 Å². The zero-order valence-corrected chi connectivity index (χ0v) is 28.7. The number of carbonyl (C=O) groups is 2. The average Bonchev–Trinajstić information content (AvgIpc) is 3.48. The lowest BCUT2D eigenvalue weighted by molar-refractivity contribution is -0.139.